The molecule has 1 aromatic carbocycles. The van der Waals surface area contributed by atoms with Crippen LogP contribution in [0.1, 0.15) is 5.56 Å². The molecule has 6 heteroatoms. The van der Waals surface area contributed by atoms with Crippen LogP contribution in [0.4, 0.5) is 5.69 Å². The second kappa shape index (κ2) is 6.77. The second-order valence-electron chi connectivity index (χ2n) is 4.17. The van der Waals surface area contributed by atoms with Crippen LogP contribution in [0.2, 0.25) is 5.15 Å². The van der Waals surface area contributed by atoms with Gasteiger partial charge in [-0.25, -0.2) is 4.98 Å². The smallest absolute Gasteiger partial charge is 0.242 e. The molecule has 2 aromatic rings. The summed E-state index contributed by atoms with van der Waals surface area (Å²) in [7, 11) is 0. The predicted octanol–water partition coefficient (Wildman–Crippen LogP) is 3.33. The van der Waals surface area contributed by atoms with Crippen molar-refractivity contribution in [1.29, 1.82) is 0 Å². The highest BCUT2D eigenvalue weighted by Crippen LogP contribution is 2.13. The second-order valence-corrected chi connectivity index (χ2v) is 4.56. The Morgan fingerprint density at radius 2 is 2.00 bits per heavy atom. The van der Waals surface area contributed by atoms with Gasteiger partial charge in [-0.1, -0.05) is 35.9 Å². The van der Waals surface area contributed by atoms with Crippen molar-refractivity contribution in [2.24, 2.45) is 4.99 Å². The highest BCUT2D eigenvalue weighted by atomic mass is 35.5. The number of nitrogens with zero attached hydrogens (tertiary/aromatic N) is 3. The van der Waals surface area contributed by atoms with Crippen LogP contribution < -0.4 is 0 Å². The summed E-state index contributed by atoms with van der Waals surface area (Å²) in [6.07, 6.45) is 1.98. The first kappa shape index (κ1) is 14.1. The molecule has 0 fully saturated rings. The molecule has 0 radical (unpaired) electrons. The standard InChI is InChI=1S/C14H12ClN3O2/c15-14-7-6-11(9-16-14)8-13(10-18(19)20)17-12-4-2-1-3-5-12/h1-7,9H,8,10H2. The van der Waals surface area contributed by atoms with Gasteiger partial charge in [0, 0.05) is 17.5 Å². The fourth-order valence-electron chi connectivity index (χ4n) is 1.71. The molecule has 2 rings (SSSR count). The molecule has 20 heavy (non-hydrogen) atoms. The van der Waals surface area contributed by atoms with Gasteiger partial charge in [0.15, 0.2) is 0 Å². The van der Waals surface area contributed by atoms with E-state index in [-0.39, 0.29) is 11.5 Å². The molecule has 1 heterocycles. The maximum absolute atomic E-state index is 10.7. The Labute approximate surface area is 121 Å². The van der Waals surface area contributed by atoms with E-state index in [0.29, 0.717) is 23.0 Å². The first-order valence-electron chi connectivity index (χ1n) is 5.97. The Balaban J connectivity index is 2.21. The van der Waals surface area contributed by atoms with Gasteiger partial charge in [-0.05, 0) is 23.8 Å². The molecule has 0 unspecified atom stereocenters. The number of halogens is 1. The third-order valence-electron chi connectivity index (χ3n) is 2.55. The summed E-state index contributed by atoms with van der Waals surface area (Å²) < 4.78 is 0. The monoisotopic (exact) mass is 289 g/mol. The lowest BCUT2D eigenvalue weighted by molar-refractivity contribution is -0.463. The number of hydrogen-bond acceptors (Lipinski definition) is 4. The van der Waals surface area contributed by atoms with E-state index in [9.17, 15) is 10.1 Å². The van der Waals surface area contributed by atoms with Crippen molar-refractivity contribution >= 4 is 23.0 Å². The van der Waals surface area contributed by atoms with E-state index in [0.717, 1.165) is 5.56 Å². The van der Waals surface area contributed by atoms with Gasteiger partial charge in [-0.2, -0.15) is 0 Å². The molecular formula is C14H12ClN3O2. The van der Waals surface area contributed by atoms with Crippen LogP contribution in [0.3, 0.4) is 0 Å². The zero-order valence-corrected chi connectivity index (χ0v) is 11.3. The number of benzene rings is 1. The molecule has 102 valence electrons. The topological polar surface area (TPSA) is 68.4 Å². The number of aromatic nitrogens is 1. The Morgan fingerprint density at radius 3 is 2.60 bits per heavy atom. The maximum atomic E-state index is 10.7. The molecule has 0 amide bonds. The van der Waals surface area contributed by atoms with Gasteiger partial charge in [-0.15, -0.1) is 0 Å². The van der Waals surface area contributed by atoms with Crippen LogP contribution in [-0.4, -0.2) is 22.2 Å². The third kappa shape index (κ3) is 4.44. The maximum Gasteiger partial charge on any atom is 0.242 e. The van der Waals surface area contributed by atoms with Gasteiger partial charge in [0.1, 0.15) is 5.15 Å². The van der Waals surface area contributed by atoms with Gasteiger partial charge in [0.2, 0.25) is 6.54 Å². The quantitative estimate of drug-likeness (QED) is 0.367. The average molecular weight is 290 g/mol. The fourth-order valence-corrected chi connectivity index (χ4v) is 1.82. The van der Waals surface area contributed by atoms with E-state index in [1.807, 2.05) is 18.2 Å². The number of aliphatic imine (C=N–C) groups is 1. The number of hydrogen-bond donors (Lipinski definition) is 0. The van der Waals surface area contributed by atoms with E-state index in [2.05, 4.69) is 9.98 Å². The van der Waals surface area contributed by atoms with Crippen molar-refractivity contribution in [3.63, 3.8) is 0 Å². The van der Waals surface area contributed by atoms with Crippen LogP contribution in [-0.2, 0) is 6.42 Å². The Morgan fingerprint density at radius 1 is 1.25 bits per heavy atom. The summed E-state index contributed by atoms with van der Waals surface area (Å²) in [6.45, 7) is -0.294. The van der Waals surface area contributed by atoms with Crippen LogP contribution >= 0.6 is 11.6 Å². The SMILES string of the molecule is O=[N+]([O-])CC(Cc1ccc(Cl)nc1)=Nc1ccccc1. The molecule has 0 saturated heterocycles. The molecule has 0 saturated carbocycles. The highest BCUT2D eigenvalue weighted by molar-refractivity contribution is 6.29. The molecule has 0 aliphatic heterocycles. The van der Waals surface area contributed by atoms with E-state index >= 15 is 0 Å². The molecule has 0 aliphatic carbocycles. The third-order valence-corrected chi connectivity index (χ3v) is 2.78. The minimum Gasteiger partial charge on any atom is -0.264 e. The molecule has 0 bridgehead atoms. The summed E-state index contributed by atoms with van der Waals surface area (Å²) >= 11 is 5.71. The Bertz CT molecular complexity index is 612. The van der Waals surface area contributed by atoms with Crippen molar-refractivity contribution in [1.82, 2.24) is 4.98 Å². The van der Waals surface area contributed by atoms with Crippen LogP contribution in [0.25, 0.3) is 0 Å². The van der Waals surface area contributed by atoms with Crippen molar-refractivity contribution in [2.75, 3.05) is 6.54 Å². The van der Waals surface area contributed by atoms with Crippen LogP contribution in [0.5, 0.6) is 0 Å². The normalized spacial score (nSPS) is 11.3. The summed E-state index contributed by atoms with van der Waals surface area (Å²) in [5.41, 5.74) is 2.02. The van der Waals surface area contributed by atoms with E-state index in [1.54, 1.807) is 30.5 Å². The number of nitro groups is 1. The van der Waals surface area contributed by atoms with Gasteiger partial charge in [0.05, 0.1) is 11.4 Å². The van der Waals surface area contributed by atoms with Crippen molar-refractivity contribution in [2.45, 2.75) is 6.42 Å². The summed E-state index contributed by atoms with van der Waals surface area (Å²) in [4.78, 5) is 18.6. The lowest BCUT2D eigenvalue weighted by atomic mass is 10.1. The van der Waals surface area contributed by atoms with Crippen molar-refractivity contribution in [3.05, 3.63) is 69.5 Å². The molecule has 0 aliphatic rings. The summed E-state index contributed by atoms with van der Waals surface area (Å²) in [5, 5.41) is 11.1. The van der Waals surface area contributed by atoms with E-state index in [4.69, 9.17) is 11.6 Å². The first-order valence-corrected chi connectivity index (χ1v) is 6.35. The van der Waals surface area contributed by atoms with Gasteiger partial charge < -0.3 is 0 Å². The molecule has 1 aromatic heterocycles. The lowest BCUT2D eigenvalue weighted by Crippen LogP contribution is -2.16. The Kier molecular flexibility index (Phi) is 4.79. The fraction of sp³-hybridized carbons (Fsp3) is 0.143. The zero-order valence-electron chi connectivity index (χ0n) is 10.6. The van der Waals surface area contributed by atoms with Gasteiger partial charge >= 0.3 is 0 Å². The van der Waals surface area contributed by atoms with Crippen molar-refractivity contribution < 1.29 is 4.92 Å². The Hall–Kier alpha value is -2.27. The number of rotatable bonds is 5. The number of pyridine rings is 1. The van der Waals surface area contributed by atoms with Crippen LogP contribution in [0.15, 0.2) is 53.7 Å². The molecule has 0 spiro atoms. The van der Waals surface area contributed by atoms with E-state index < -0.39 is 0 Å². The molecule has 5 nitrogen and oxygen atoms in total. The average Bonchev–Trinajstić information content (AvgIpc) is 2.42. The van der Waals surface area contributed by atoms with Crippen LogP contribution in [0, 0.1) is 10.1 Å². The van der Waals surface area contributed by atoms with Gasteiger partial charge in [0.25, 0.3) is 0 Å². The van der Waals surface area contributed by atoms with E-state index in [1.165, 1.54) is 0 Å². The number of para-hydroxylation sites is 1. The van der Waals surface area contributed by atoms with Gasteiger partial charge in [-0.3, -0.25) is 15.1 Å². The highest BCUT2D eigenvalue weighted by Gasteiger charge is 2.09. The summed E-state index contributed by atoms with van der Waals surface area (Å²) in [6, 6.07) is 12.6. The largest absolute Gasteiger partial charge is 0.264 e. The lowest BCUT2D eigenvalue weighted by Gasteiger charge is -2.03. The minimum atomic E-state index is -0.384. The predicted molar refractivity (Wildman–Crippen MR) is 78.3 cm³/mol. The first-order chi connectivity index (χ1) is 9.63. The molecular weight excluding hydrogens is 278 g/mol. The molecule has 0 N–H and O–H groups in total. The van der Waals surface area contributed by atoms with Crippen molar-refractivity contribution in [3.8, 4) is 0 Å². The summed E-state index contributed by atoms with van der Waals surface area (Å²) in [5.74, 6) is 0. The molecule has 0 atom stereocenters. The minimum absolute atomic E-state index is 0.294. The zero-order chi connectivity index (χ0) is 14.4.